The highest BCUT2D eigenvalue weighted by molar-refractivity contribution is 5.85. The lowest BCUT2D eigenvalue weighted by Crippen LogP contribution is -2.45. The summed E-state index contributed by atoms with van der Waals surface area (Å²) < 4.78 is 68.2. The maximum absolute atomic E-state index is 13.9. The molecule has 0 radical (unpaired) electrons. The number of nitrogens with zero attached hydrogens (tertiary/aromatic N) is 1. The van der Waals surface area contributed by atoms with Crippen LogP contribution in [0.3, 0.4) is 0 Å². The van der Waals surface area contributed by atoms with Crippen molar-refractivity contribution in [1.82, 2.24) is 10.2 Å². The van der Waals surface area contributed by atoms with Gasteiger partial charge in [-0.3, -0.25) is 4.90 Å². The van der Waals surface area contributed by atoms with Crippen molar-refractivity contribution >= 4 is 24.8 Å². The SMILES string of the molecule is Cl.Cl.Oc1c([C@@H](c2ccc(OC(F)(F)F)cc2)N2CCNCC2)ccc(F)c1F. The van der Waals surface area contributed by atoms with E-state index < -0.39 is 29.8 Å². The van der Waals surface area contributed by atoms with Crippen molar-refractivity contribution in [2.45, 2.75) is 12.4 Å². The number of hydrogen-bond acceptors (Lipinski definition) is 4. The number of rotatable bonds is 4. The van der Waals surface area contributed by atoms with Gasteiger partial charge in [0.2, 0.25) is 5.82 Å². The molecule has 1 atom stereocenters. The Hall–Kier alpha value is -1.81. The number of ether oxygens (including phenoxy) is 1. The number of phenols is 1. The van der Waals surface area contributed by atoms with Crippen LogP contribution >= 0.6 is 24.8 Å². The zero-order chi connectivity index (χ0) is 19.6. The Bertz CT molecular complexity index is 800. The maximum Gasteiger partial charge on any atom is 0.573 e. The minimum atomic E-state index is -4.81. The third-order valence-electron chi connectivity index (χ3n) is 4.34. The molecule has 2 N–H and O–H groups in total. The van der Waals surface area contributed by atoms with Crippen molar-refractivity contribution in [2.24, 2.45) is 0 Å². The van der Waals surface area contributed by atoms with Gasteiger partial charge in [-0.25, -0.2) is 4.39 Å². The summed E-state index contributed by atoms with van der Waals surface area (Å²) >= 11 is 0. The Morgan fingerprint density at radius 3 is 2.10 bits per heavy atom. The molecule has 0 amide bonds. The lowest BCUT2D eigenvalue weighted by molar-refractivity contribution is -0.274. The van der Waals surface area contributed by atoms with Crippen molar-refractivity contribution in [3.05, 3.63) is 59.2 Å². The zero-order valence-corrected chi connectivity index (χ0v) is 16.5. The average molecular weight is 461 g/mol. The molecule has 1 fully saturated rings. The molecular weight excluding hydrogens is 442 g/mol. The van der Waals surface area contributed by atoms with Crippen molar-refractivity contribution < 1.29 is 31.8 Å². The lowest BCUT2D eigenvalue weighted by atomic mass is 9.95. The Morgan fingerprint density at radius 2 is 1.55 bits per heavy atom. The van der Waals surface area contributed by atoms with E-state index in [-0.39, 0.29) is 36.1 Å². The molecule has 0 aliphatic carbocycles. The van der Waals surface area contributed by atoms with Gasteiger partial charge in [0, 0.05) is 31.7 Å². The van der Waals surface area contributed by atoms with Gasteiger partial charge in [0.1, 0.15) is 5.75 Å². The molecule has 1 aliphatic rings. The molecular formula is C18H19Cl2F5N2O2. The normalized spacial score (nSPS) is 15.8. The van der Waals surface area contributed by atoms with E-state index in [2.05, 4.69) is 10.1 Å². The number of piperazine rings is 1. The summed E-state index contributed by atoms with van der Waals surface area (Å²) in [7, 11) is 0. The van der Waals surface area contributed by atoms with Crippen LogP contribution < -0.4 is 10.1 Å². The van der Waals surface area contributed by atoms with Gasteiger partial charge < -0.3 is 15.2 Å². The van der Waals surface area contributed by atoms with Gasteiger partial charge in [0.15, 0.2) is 11.6 Å². The smallest absolute Gasteiger partial charge is 0.505 e. The summed E-state index contributed by atoms with van der Waals surface area (Å²) in [5.41, 5.74) is 0.660. The molecule has 1 saturated heterocycles. The lowest BCUT2D eigenvalue weighted by Gasteiger charge is -2.36. The summed E-state index contributed by atoms with van der Waals surface area (Å²) in [6.45, 7) is 2.42. The fourth-order valence-electron chi connectivity index (χ4n) is 3.15. The number of nitrogens with one attached hydrogen (secondary N) is 1. The van der Waals surface area contributed by atoms with E-state index in [4.69, 9.17) is 0 Å². The summed E-state index contributed by atoms with van der Waals surface area (Å²) in [6, 6.07) is 6.66. The van der Waals surface area contributed by atoms with E-state index in [0.717, 1.165) is 18.2 Å². The second-order valence-corrected chi connectivity index (χ2v) is 6.10. The third kappa shape index (κ3) is 6.08. The van der Waals surface area contributed by atoms with E-state index in [9.17, 15) is 27.1 Å². The largest absolute Gasteiger partial charge is 0.573 e. The van der Waals surface area contributed by atoms with Gasteiger partial charge in [-0.2, -0.15) is 4.39 Å². The van der Waals surface area contributed by atoms with Gasteiger partial charge in [-0.1, -0.05) is 18.2 Å². The Kier molecular flexibility index (Phi) is 8.95. The molecule has 0 aromatic heterocycles. The number of benzene rings is 2. The molecule has 162 valence electrons. The first-order valence-electron chi connectivity index (χ1n) is 8.23. The molecule has 2 aromatic rings. The first kappa shape index (κ1) is 25.2. The number of aromatic hydroxyl groups is 1. The minimum Gasteiger partial charge on any atom is -0.505 e. The van der Waals surface area contributed by atoms with Crippen LogP contribution in [-0.2, 0) is 0 Å². The van der Waals surface area contributed by atoms with E-state index >= 15 is 0 Å². The average Bonchev–Trinajstić information content (AvgIpc) is 2.63. The quantitative estimate of drug-likeness (QED) is 0.663. The van der Waals surface area contributed by atoms with Gasteiger partial charge >= 0.3 is 6.36 Å². The molecule has 1 aliphatic heterocycles. The van der Waals surface area contributed by atoms with Crippen LogP contribution in [-0.4, -0.2) is 42.5 Å². The predicted molar refractivity (Wildman–Crippen MR) is 102 cm³/mol. The first-order valence-corrected chi connectivity index (χ1v) is 8.23. The summed E-state index contributed by atoms with van der Waals surface area (Å²) in [6.07, 6.45) is -4.81. The Labute approximate surface area is 176 Å². The van der Waals surface area contributed by atoms with Crippen LogP contribution in [0.5, 0.6) is 11.5 Å². The molecule has 0 bridgehead atoms. The third-order valence-corrected chi connectivity index (χ3v) is 4.34. The molecule has 11 heteroatoms. The number of hydrogen-bond donors (Lipinski definition) is 2. The van der Waals surface area contributed by atoms with Crippen molar-refractivity contribution in [1.29, 1.82) is 0 Å². The van der Waals surface area contributed by atoms with Crippen molar-refractivity contribution in [3.63, 3.8) is 0 Å². The Morgan fingerprint density at radius 1 is 0.966 bits per heavy atom. The Balaban J connectivity index is 0.00000210. The molecule has 0 unspecified atom stereocenters. The minimum absolute atomic E-state index is 0. The topological polar surface area (TPSA) is 44.7 Å². The molecule has 29 heavy (non-hydrogen) atoms. The highest BCUT2D eigenvalue weighted by atomic mass is 35.5. The number of phenolic OH excluding ortho intramolecular Hbond substituents is 1. The summed E-state index contributed by atoms with van der Waals surface area (Å²) in [5.74, 6) is -3.73. The second-order valence-electron chi connectivity index (χ2n) is 6.10. The van der Waals surface area contributed by atoms with Crippen LogP contribution in [0.2, 0.25) is 0 Å². The highest BCUT2D eigenvalue weighted by Crippen LogP contribution is 2.37. The van der Waals surface area contributed by atoms with Crippen LogP contribution in [0.1, 0.15) is 17.2 Å². The van der Waals surface area contributed by atoms with Gasteiger partial charge in [-0.05, 0) is 23.8 Å². The van der Waals surface area contributed by atoms with E-state index in [1.54, 1.807) is 0 Å². The highest BCUT2D eigenvalue weighted by Gasteiger charge is 2.32. The molecule has 0 saturated carbocycles. The van der Waals surface area contributed by atoms with E-state index in [1.165, 1.54) is 18.2 Å². The maximum atomic E-state index is 13.9. The molecule has 4 nitrogen and oxygen atoms in total. The van der Waals surface area contributed by atoms with Gasteiger partial charge in [0.25, 0.3) is 0 Å². The first-order chi connectivity index (χ1) is 12.8. The van der Waals surface area contributed by atoms with Crippen LogP contribution in [0.15, 0.2) is 36.4 Å². The molecule has 3 rings (SSSR count). The van der Waals surface area contributed by atoms with Gasteiger partial charge in [0.05, 0.1) is 6.04 Å². The predicted octanol–water partition coefficient (Wildman–Crippen LogP) is 4.41. The summed E-state index contributed by atoms with van der Waals surface area (Å²) in [5, 5.41) is 13.3. The number of halogens is 7. The second kappa shape index (κ2) is 10.3. The van der Waals surface area contributed by atoms with Crippen LogP contribution in [0.25, 0.3) is 0 Å². The molecule has 0 spiro atoms. The van der Waals surface area contributed by atoms with E-state index in [1.807, 2.05) is 4.90 Å². The molecule has 2 aromatic carbocycles. The fourth-order valence-corrected chi connectivity index (χ4v) is 3.15. The number of alkyl halides is 3. The fraction of sp³-hybridized carbons (Fsp3) is 0.333. The van der Waals surface area contributed by atoms with Crippen LogP contribution in [0.4, 0.5) is 22.0 Å². The standard InChI is InChI=1S/C18H17F5N2O2.2ClH/c19-14-6-5-13(17(26)15(14)20)16(25-9-7-24-8-10-25)11-1-3-12(4-2-11)27-18(21,22)23;;/h1-6,16,24,26H,7-10H2;2*1H/t16-;;/m1../s1. The monoisotopic (exact) mass is 460 g/mol. The molecule has 1 heterocycles. The summed E-state index contributed by atoms with van der Waals surface area (Å²) in [4.78, 5) is 1.93. The van der Waals surface area contributed by atoms with Crippen molar-refractivity contribution in [3.8, 4) is 11.5 Å². The zero-order valence-electron chi connectivity index (χ0n) is 14.9. The van der Waals surface area contributed by atoms with Crippen molar-refractivity contribution in [2.75, 3.05) is 26.2 Å². The van der Waals surface area contributed by atoms with E-state index in [0.29, 0.717) is 31.7 Å². The van der Waals surface area contributed by atoms with Gasteiger partial charge in [-0.15, -0.1) is 38.0 Å². The van der Waals surface area contributed by atoms with Crippen LogP contribution in [0, 0.1) is 11.6 Å².